The van der Waals surface area contributed by atoms with Gasteiger partial charge in [-0.25, -0.2) is 33.7 Å². The Kier molecular flexibility index (Phi) is 14.6. The van der Waals surface area contributed by atoms with Crippen molar-refractivity contribution in [2.24, 2.45) is 5.92 Å². The third-order valence-corrected chi connectivity index (χ3v) is 19.7. The Morgan fingerprint density at radius 3 is 2.24 bits per heavy atom. The van der Waals surface area contributed by atoms with E-state index >= 15 is 4.39 Å². The molecule has 2 aliphatic heterocycles. The second-order valence-corrected chi connectivity index (χ2v) is 26.2. The third-order valence-electron chi connectivity index (χ3n) is 12.5. The average Bonchev–Trinajstić information content (AvgIpc) is 4.10. The highest BCUT2D eigenvalue weighted by molar-refractivity contribution is 8.00. The molecule has 2 aliphatic rings. The van der Waals surface area contributed by atoms with Crippen molar-refractivity contribution in [2.45, 2.75) is 114 Å². The molecular formula is C45H54FN10O11PSSi. The normalized spacial score (nSPS) is 23.7. The number of ether oxygens (including phenoxy) is 2. The van der Waals surface area contributed by atoms with Crippen molar-refractivity contribution in [1.29, 1.82) is 0 Å². The van der Waals surface area contributed by atoms with E-state index in [2.05, 4.69) is 61.3 Å². The molecule has 21 nitrogen and oxygen atoms in total. The highest BCUT2D eigenvalue weighted by atomic mass is 32.2. The summed E-state index contributed by atoms with van der Waals surface area (Å²) < 4.78 is 64.9. The van der Waals surface area contributed by atoms with Crippen LogP contribution in [0.4, 0.5) is 16.2 Å². The van der Waals surface area contributed by atoms with E-state index in [0.29, 0.717) is 12.0 Å². The topological polar surface area (TPSA) is 266 Å². The Labute approximate surface area is 406 Å². The van der Waals surface area contributed by atoms with E-state index in [1.165, 1.54) is 45.7 Å². The maximum Gasteiger partial charge on any atom is 0.472 e. The number of rotatable bonds is 16. The van der Waals surface area contributed by atoms with Crippen LogP contribution in [0.25, 0.3) is 22.3 Å². The second kappa shape index (κ2) is 20.2. The zero-order chi connectivity index (χ0) is 50.3. The summed E-state index contributed by atoms with van der Waals surface area (Å²) in [5, 5.41) is 3.80. The summed E-state index contributed by atoms with van der Waals surface area (Å²) in [6.07, 6.45) is -4.73. The number of phosphoric acid groups is 1. The van der Waals surface area contributed by atoms with Crippen LogP contribution in [0, 0.1) is 5.92 Å². The van der Waals surface area contributed by atoms with Crippen LogP contribution in [-0.2, 0) is 32.3 Å². The molecule has 372 valence electrons. The fourth-order valence-electron chi connectivity index (χ4n) is 7.67. The molecule has 25 heteroatoms. The lowest BCUT2D eigenvalue weighted by molar-refractivity contribution is -0.118. The molecule has 4 aromatic heterocycles. The van der Waals surface area contributed by atoms with Crippen LogP contribution in [0.1, 0.15) is 80.3 Å². The van der Waals surface area contributed by atoms with Crippen LogP contribution < -0.4 is 16.2 Å². The van der Waals surface area contributed by atoms with E-state index in [-0.39, 0.29) is 49.9 Å². The van der Waals surface area contributed by atoms with E-state index < -0.39 is 94.2 Å². The number of hydrogen-bond donors (Lipinski definition) is 4. The number of anilines is 2. The zero-order valence-corrected chi connectivity index (χ0v) is 42.2. The first-order valence-corrected chi connectivity index (χ1v) is 27.9. The molecule has 8 rings (SSSR count). The maximum atomic E-state index is 17.0. The Morgan fingerprint density at radius 2 is 1.59 bits per heavy atom. The van der Waals surface area contributed by atoms with Gasteiger partial charge in [0.2, 0.25) is 11.9 Å². The van der Waals surface area contributed by atoms with Gasteiger partial charge in [-0.3, -0.25) is 42.9 Å². The molecule has 0 saturated carbocycles. The van der Waals surface area contributed by atoms with Crippen LogP contribution >= 0.6 is 19.6 Å². The number of amides is 2. The van der Waals surface area contributed by atoms with E-state index in [9.17, 15) is 28.6 Å². The maximum absolute atomic E-state index is 17.0. The fraction of sp³-hybridized carbons (Fsp3) is 0.444. The van der Waals surface area contributed by atoms with Crippen LogP contribution in [-0.4, -0.2) is 112 Å². The largest absolute Gasteiger partial charge is 0.472 e. The number of esters is 1. The first-order valence-electron chi connectivity index (χ1n) is 22.5. The Bertz CT molecular complexity index is 2990. The zero-order valence-electron chi connectivity index (χ0n) is 39.5. The van der Waals surface area contributed by atoms with Gasteiger partial charge in [-0.05, 0) is 48.8 Å². The molecule has 2 saturated heterocycles. The summed E-state index contributed by atoms with van der Waals surface area (Å²) in [6.45, 7) is 14.7. The second-order valence-electron chi connectivity index (χ2n) is 18.6. The average molecular weight is 1020 g/mol. The van der Waals surface area contributed by atoms with Crippen molar-refractivity contribution < 1.29 is 51.2 Å². The smallest absolute Gasteiger partial charge is 0.453 e. The number of carbonyl (C=O) groups is 3. The van der Waals surface area contributed by atoms with Gasteiger partial charge in [0.1, 0.15) is 23.9 Å². The molecule has 70 heavy (non-hydrogen) atoms. The number of aromatic amines is 1. The summed E-state index contributed by atoms with van der Waals surface area (Å²) in [5.41, 5.74) is -0.00904. The lowest BCUT2D eigenvalue weighted by Gasteiger charge is -2.41. The molecule has 4 N–H and O–H groups in total. The highest BCUT2D eigenvalue weighted by Crippen LogP contribution is 2.56. The summed E-state index contributed by atoms with van der Waals surface area (Å²) in [6, 6.07) is 16.3. The van der Waals surface area contributed by atoms with Crippen molar-refractivity contribution in [3.63, 3.8) is 0 Å². The monoisotopic (exact) mass is 1020 g/mol. The SMILES string of the molecule is CC[C@H]1S[C@@H](n2cnc3c(=O)[nH]c(NC(=O)C(C)C)nc32)[C@H](OP(=O)(O)OC[C@H]2O[C@@H](n3cnc4c(NC(=O)c5ccccc5)ncnc43)[C@@H](F)[C@@H]2OC(=O)c2ccccc2)[C@@H]1O[Si](C)(C)C(C)(C)C. The molecule has 2 aromatic carbocycles. The van der Waals surface area contributed by atoms with Crippen molar-refractivity contribution in [3.8, 4) is 0 Å². The third kappa shape index (κ3) is 10.5. The molecule has 0 spiro atoms. The molecular weight excluding hydrogens is 967 g/mol. The molecule has 0 bridgehead atoms. The minimum atomic E-state index is -5.21. The number of thioether (sulfide) groups is 1. The summed E-state index contributed by atoms with van der Waals surface area (Å²) in [4.78, 5) is 88.4. The van der Waals surface area contributed by atoms with Gasteiger partial charge in [0.15, 0.2) is 55.0 Å². The number of halogens is 1. The molecule has 6 aromatic rings. The standard InChI is InChI=1S/C45H54FN10O11PSSi/c1-9-28-33(67-70(7,8)45(4,5)6)34(42(69-28)56-23-50-31-37(56)52-44(54-40(31)59)53-38(57)24(2)3)66-68(61,62)63-20-27-32(65-43(60)26-18-14-11-15-19-26)29(46)41(64-27)55-22-49-30-35(47-21-48-36(30)55)51-39(58)25-16-12-10-13-17-25/h10-19,21-24,27-29,32-34,41-42H,9,20H2,1-8H3,(H,61,62)(H,47,48,51,58)(H2,52,53,54,57,59)/t27-,28-,29+,32-,33-,34-,41-,42-/m1/s1. The molecule has 2 amide bonds. The lowest BCUT2D eigenvalue weighted by atomic mass is 10.1. The molecule has 6 heterocycles. The number of hydrogen-bond acceptors (Lipinski definition) is 16. The van der Waals surface area contributed by atoms with E-state index in [0.717, 1.165) is 6.33 Å². The fourth-order valence-corrected chi connectivity index (χ4v) is 11.7. The van der Waals surface area contributed by atoms with Crippen molar-refractivity contribution in [1.82, 2.24) is 39.0 Å². The Hall–Kier alpha value is -5.72. The van der Waals surface area contributed by atoms with Gasteiger partial charge in [0, 0.05) is 16.7 Å². The summed E-state index contributed by atoms with van der Waals surface area (Å²) >= 11 is 1.37. The van der Waals surface area contributed by atoms with E-state index in [4.69, 9.17) is 22.9 Å². The van der Waals surface area contributed by atoms with Gasteiger partial charge in [-0.2, -0.15) is 4.98 Å². The van der Waals surface area contributed by atoms with Gasteiger partial charge < -0.3 is 24.1 Å². The molecule has 0 aliphatic carbocycles. The molecule has 2 fully saturated rings. The van der Waals surface area contributed by atoms with Crippen molar-refractivity contribution in [3.05, 3.63) is 101 Å². The molecule has 0 radical (unpaired) electrons. The van der Waals surface area contributed by atoms with Gasteiger partial charge >= 0.3 is 13.8 Å². The minimum absolute atomic E-state index is 0.0328. The van der Waals surface area contributed by atoms with Crippen LogP contribution in [0.3, 0.4) is 0 Å². The Morgan fingerprint density at radius 1 is 0.929 bits per heavy atom. The summed E-state index contributed by atoms with van der Waals surface area (Å²) in [5.74, 6) is -2.28. The molecule has 9 atom stereocenters. The minimum Gasteiger partial charge on any atom is -0.453 e. The van der Waals surface area contributed by atoms with E-state index in [1.54, 1.807) is 62.4 Å². The number of nitrogens with zero attached hydrogens (tertiary/aromatic N) is 7. The van der Waals surface area contributed by atoms with Gasteiger partial charge in [-0.1, -0.05) is 77.9 Å². The van der Waals surface area contributed by atoms with Gasteiger partial charge in [-0.15, -0.1) is 11.8 Å². The Balaban J connectivity index is 1.10. The van der Waals surface area contributed by atoms with Gasteiger partial charge in [0.05, 0.1) is 30.9 Å². The van der Waals surface area contributed by atoms with Crippen LogP contribution in [0.2, 0.25) is 18.1 Å². The number of phosphoric ester groups is 1. The quantitative estimate of drug-likeness (QED) is 0.0425. The van der Waals surface area contributed by atoms with Gasteiger partial charge in [0.25, 0.3) is 11.5 Å². The number of benzene rings is 2. The first-order chi connectivity index (χ1) is 33.2. The van der Waals surface area contributed by atoms with Crippen molar-refractivity contribution >= 4 is 79.8 Å². The van der Waals surface area contributed by atoms with Crippen LogP contribution in [0.5, 0.6) is 0 Å². The first kappa shape index (κ1) is 50.7. The predicted molar refractivity (Wildman–Crippen MR) is 259 cm³/mol. The number of H-pyrrole nitrogens is 1. The lowest BCUT2D eigenvalue weighted by Crippen LogP contribution is -2.49. The number of carbonyl (C=O) groups excluding carboxylic acids is 3. The molecule has 1 unspecified atom stereocenters. The highest BCUT2D eigenvalue weighted by Gasteiger charge is 2.54. The predicted octanol–water partition coefficient (Wildman–Crippen LogP) is 7.18. The number of fused-ring (bicyclic) bond motifs is 2. The number of aromatic nitrogens is 8. The van der Waals surface area contributed by atoms with Crippen LogP contribution in [0.15, 0.2) is 84.4 Å². The number of imidazole rings is 2. The number of nitrogens with one attached hydrogen (secondary N) is 3. The van der Waals surface area contributed by atoms with Crippen molar-refractivity contribution in [2.75, 3.05) is 17.2 Å². The van der Waals surface area contributed by atoms with E-state index in [1.807, 2.05) is 20.0 Å². The summed E-state index contributed by atoms with van der Waals surface area (Å²) in [7, 11) is -7.84. The number of alkyl halides is 1.